The van der Waals surface area contributed by atoms with Gasteiger partial charge in [0.15, 0.2) is 0 Å². The summed E-state index contributed by atoms with van der Waals surface area (Å²) in [5, 5.41) is 5.84. The van der Waals surface area contributed by atoms with Crippen molar-refractivity contribution in [2.75, 3.05) is 0 Å². The minimum atomic E-state index is 1.26. The van der Waals surface area contributed by atoms with Crippen molar-refractivity contribution in [3.05, 3.63) is 58.7 Å². The van der Waals surface area contributed by atoms with E-state index in [1.54, 1.807) is 16.5 Å². The van der Waals surface area contributed by atoms with Gasteiger partial charge in [-0.2, -0.15) is 0 Å². The van der Waals surface area contributed by atoms with Crippen molar-refractivity contribution < 1.29 is 0 Å². The molecule has 0 atom stereocenters. The zero-order valence-corrected chi connectivity index (χ0v) is 12.3. The SMILES string of the molecule is Cc1c2ccccc2c(C)c2c3c(ccc12)CCCC3. The maximum atomic E-state index is 2.37. The van der Waals surface area contributed by atoms with Crippen molar-refractivity contribution in [1.82, 2.24) is 0 Å². The average Bonchev–Trinajstić information content (AvgIpc) is 2.51. The molecule has 0 aromatic heterocycles. The van der Waals surface area contributed by atoms with Crippen molar-refractivity contribution in [2.24, 2.45) is 0 Å². The van der Waals surface area contributed by atoms with Gasteiger partial charge in [0.05, 0.1) is 0 Å². The lowest BCUT2D eigenvalue weighted by molar-refractivity contribution is 0.690. The van der Waals surface area contributed by atoms with Crippen LogP contribution < -0.4 is 0 Å². The summed E-state index contributed by atoms with van der Waals surface area (Å²) in [6.45, 7) is 4.58. The first-order valence-electron chi connectivity index (χ1n) is 7.70. The molecule has 0 amide bonds. The molecule has 0 radical (unpaired) electrons. The minimum absolute atomic E-state index is 1.26. The number of rotatable bonds is 0. The van der Waals surface area contributed by atoms with Gasteiger partial charge in [0.2, 0.25) is 0 Å². The molecule has 0 unspecified atom stereocenters. The minimum Gasteiger partial charge on any atom is -0.0616 e. The normalized spacial score (nSPS) is 14.7. The van der Waals surface area contributed by atoms with Crippen LogP contribution in [0.15, 0.2) is 36.4 Å². The summed E-state index contributed by atoms with van der Waals surface area (Å²) in [5.74, 6) is 0. The molecule has 0 heteroatoms. The quantitative estimate of drug-likeness (QED) is 0.469. The van der Waals surface area contributed by atoms with Crippen LogP contribution in [0.2, 0.25) is 0 Å². The third-order valence-electron chi connectivity index (χ3n) is 5.05. The molecule has 0 bridgehead atoms. The Morgan fingerprint density at radius 2 is 1.40 bits per heavy atom. The van der Waals surface area contributed by atoms with E-state index in [-0.39, 0.29) is 0 Å². The molecule has 4 rings (SSSR count). The van der Waals surface area contributed by atoms with Crippen LogP contribution in [0.1, 0.15) is 35.1 Å². The van der Waals surface area contributed by atoms with Gasteiger partial charge in [0, 0.05) is 0 Å². The van der Waals surface area contributed by atoms with E-state index in [9.17, 15) is 0 Å². The lowest BCUT2D eigenvalue weighted by Crippen LogP contribution is -2.04. The zero-order chi connectivity index (χ0) is 13.7. The lowest BCUT2D eigenvalue weighted by atomic mass is 9.83. The van der Waals surface area contributed by atoms with Gasteiger partial charge in [-0.25, -0.2) is 0 Å². The lowest BCUT2D eigenvalue weighted by Gasteiger charge is -2.21. The van der Waals surface area contributed by atoms with Gasteiger partial charge in [-0.15, -0.1) is 0 Å². The fourth-order valence-electron chi connectivity index (χ4n) is 3.99. The molecule has 0 N–H and O–H groups in total. The first-order chi connectivity index (χ1) is 9.77. The molecule has 0 aliphatic heterocycles. The highest BCUT2D eigenvalue weighted by Crippen LogP contribution is 2.37. The van der Waals surface area contributed by atoms with E-state index in [0.717, 1.165) is 0 Å². The van der Waals surface area contributed by atoms with Crippen LogP contribution in [0.5, 0.6) is 0 Å². The molecular formula is C20H20. The molecule has 3 aromatic rings. The van der Waals surface area contributed by atoms with Crippen molar-refractivity contribution in [2.45, 2.75) is 39.5 Å². The number of aryl methyl sites for hydroxylation is 4. The predicted molar refractivity (Wildman–Crippen MR) is 87.6 cm³/mol. The summed E-state index contributed by atoms with van der Waals surface area (Å²) in [7, 11) is 0. The summed E-state index contributed by atoms with van der Waals surface area (Å²) < 4.78 is 0. The third kappa shape index (κ3) is 1.54. The second-order valence-electron chi connectivity index (χ2n) is 6.13. The number of hydrogen-bond donors (Lipinski definition) is 0. The molecule has 3 aromatic carbocycles. The zero-order valence-electron chi connectivity index (χ0n) is 12.3. The molecule has 0 heterocycles. The standard InChI is InChI=1S/C20H20/c1-13-16-8-5-6-9-17(16)14(2)20-18(13)12-11-15-7-3-4-10-19(15)20/h5-6,8-9,11-12H,3-4,7,10H2,1-2H3. The summed E-state index contributed by atoms with van der Waals surface area (Å²) in [6, 6.07) is 13.6. The molecular weight excluding hydrogens is 240 g/mol. The molecule has 20 heavy (non-hydrogen) atoms. The summed E-state index contributed by atoms with van der Waals surface area (Å²) in [6.07, 6.45) is 5.21. The molecule has 1 aliphatic rings. The van der Waals surface area contributed by atoms with E-state index in [1.165, 1.54) is 53.0 Å². The number of fused-ring (bicyclic) bond motifs is 4. The van der Waals surface area contributed by atoms with Gasteiger partial charge in [-0.3, -0.25) is 0 Å². The van der Waals surface area contributed by atoms with Gasteiger partial charge in [0.25, 0.3) is 0 Å². The Kier molecular flexibility index (Phi) is 2.60. The number of hydrogen-bond acceptors (Lipinski definition) is 0. The Balaban J connectivity index is 2.24. The van der Waals surface area contributed by atoms with E-state index < -0.39 is 0 Å². The van der Waals surface area contributed by atoms with Crippen LogP contribution in [0.4, 0.5) is 0 Å². The summed E-state index contributed by atoms with van der Waals surface area (Å²) in [5.41, 5.74) is 6.12. The van der Waals surface area contributed by atoms with E-state index >= 15 is 0 Å². The van der Waals surface area contributed by atoms with Crippen LogP contribution >= 0.6 is 0 Å². The van der Waals surface area contributed by atoms with Gasteiger partial charge in [-0.1, -0.05) is 36.4 Å². The molecule has 1 aliphatic carbocycles. The topological polar surface area (TPSA) is 0 Å². The van der Waals surface area contributed by atoms with Crippen LogP contribution in [0.25, 0.3) is 21.5 Å². The van der Waals surface area contributed by atoms with Crippen molar-refractivity contribution >= 4 is 21.5 Å². The highest BCUT2D eigenvalue weighted by Gasteiger charge is 2.16. The van der Waals surface area contributed by atoms with Crippen LogP contribution in [0, 0.1) is 13.8 Å². The Labute approximate surface area is 120 Å². The van der Waals surface area contributed by atoms with Crippen LogP contribution in [-0.4, -0.2) is 0 Å². The monoisotopic (exact) mass is 260 g/mol. The van der Waals surface area contributed by atoms with E-state index in [4.69, 9.17) is 0 Å². The molecule has 0 spiro atoms. The largest absolute Gasteiger partial charge is 0.0616 e. The Bertz CT molecular complexity index is 824. The second-order valence-corrected chi connectivity index (χ2v) is 6.13. The maximum absolute atomic E-state index is 2.37. The molecule has 0 saturated carbocycles. The van der Waals surface area contributed by atoms with Crippen LogP contribution in [-0.2, 0) is 12.8 Å². The second kappa shape index (κ2) is 4.34. The van der Waals surface area contributed by atoms with Crippen LogP contribution in [0.3, 0.4) is 0 Å². The fraction of sp³-hybridized carbons (Fsp3) is 0.300. The van der Waals surface area contributed by atoms with Crippen molar-refractivity contribution in [1.29, 1.82) is 0 Å². The van der Waals surface area contributed by atoms with Crippen molar-refractivity contribution in [3.8, 4) is 0 Å². The molecule has 0 saturated heterocycles. The van der Waals surface area contributed by atoms with Gasteiger partial charge in [0.1, 0.15) is 0 Å². The molecule has 0 fully saturated rings. The molecule has 0 nitrogen and oxygen atoms in total. The van der Waals surface area contributed by atoms with Gasteiger partial charge < -0.3 is 0 Å². The van der Waals surface area contributed by atoms with E-state index in [2.05, 4.69) is 50.2 Å². The highest BCUT2D eigenvalue weighted by molar-refractivity contribution is 6.07. The predicted octanol–water partition coefficient (Wildman–Crippen LogP) is 5.49. The summed E-state index contributed by atoms with van der Waals surface area (Å²) >= 11 is 0. The molecule has 100 valence electrons. The third-order valence-corrected chi connectivity index (χ3v) is 5.05. The maximum Gasteiger partial charge on any atom is -0.0111 e. The van der Waals surface area contributed by atoms with Crippen molar-refractivity contribution in [3.63, 3.8) is 0 Å². The fourth-order valence-corrected chi connectivity index (χ4v) is 3.99. The first kappa shape index (κ1) is 12.0. The van der Waals surface area contributed by atoms with E-state index in [1.807, 2.05) is 0 Å². The average molecular weight is 260 g/mol. The van der Waals surface area contributed by atoms with E-state index in [0.29, 0.717) is 0 Å². The Morgan fingerprint density at radius 3 is 2.20 bits per heavy atom. The highest BCUT2D eigenvalue weighted by atomic mass is 14.2. The van der Waals surface area contributed by atoms with Gasteiger partial charge >= 0.3 is 0 Å². The Hall–Kier alpha value is -1.82. The Morgan fingerprint density at radius 1 is 0.700 bits per heavy atom. The van der Waals surface area contributed by atoms with Gasteiger partial charge in [-0.05, 0) is 83.3 Å². The smallest absolute Gasteiger partial charge is 0.0111 e. The summed E-state index contributed by atoms with van der Waals surface area (Å²) in [4.78, 5) is 0. The first-order valence-corrected chi connectivity index (χ1v) is 7.70. The number of benzene rings is 3.